The van der Waals surface area contributed by atoms with Gasteiger partial charge in [0.05, 0.1) is 27.9 Å². The van der Waals surface area contributed by atoms with E-state index in [4.69, 9.17) is 24.0 Å². The minimum absolute atomic E-state index is 0.320. The summed E-state index contributed by atoms with van der Waals surface area (Å²) in [5.74, 6) is 1.50. The van der Waals surface area contributed by atoms with Crippen LogP contribution in [0.3, 0.4) is 0 Å². The molecular formula is C28H35N3O5. The third kappa shape index (κ3) is 5.49. The molecular weight excluding hydrogens is 458 g/mol. The number of hydrogen-bond donors (Lipinski definition) is 0. The van der Waals surface area contributed by atoms with Gasteiger partial charge in [0, 0.05) is 49.4 Å². The van der Waals surface area contributed by atoms with Crippen LogP contribution >= 0.6 is 0 Å². The number of rotatable bonds is 11. The molecule has 1 aromatic heterocycles. The quantitative estimate of drug-likeness (QED) is 0.369. The summed E-state index contributed by atoms with van der Waals surface area (Å²) in [6.07, 6.45) is 2.73. The van der Waals surface area contributed by atoms with Crippen LogP contribution in [0.15, 0.2) is 42.5 Å². The number of hydrogen-bond acceptors (Lipinski definition) is 7. The predicted molar refractivity (Wildman–Crippen MR) is 137 cm³/mol. The molecule has 2 aromatic carbocycles. The van der Waals surface area contributed by atoms with Crippen molar-refractivity contribution in [3.63, 3.8) is 0 Å². The molecule has 0 radical (unpaired) electrons. The Morgan fingerprint density at radius 2 is 1.78 bits per heavy atom. The third-order valence-corrected chi connectivity index (χ3v) is 6.54. The highest BCUT2D eigenvalue weighted by Gasteiger charge is 2.29. The molecule has 3 aromatic rings. The van der Waals surface area contributed by atoms with Crippen molar-refractivity contribution in [3.05, 3.63) is 70.5 Å². The molecule has 8 nitrogen and oxygen atoms in total. The molecule has 0 saturated heterocycles. The zero-order chi connectivity index (χ0) is 25.5. The predicted octanol–water partition coefficient (Wildman–Crippen LogP) is 4.28. The van der Waals surface area contributed by atoms with Crippen molar-refractivity contribution in [1.82, 2.24) is 14.7 Å². The maximum absolute atomic E-state index is 12.8. The molecule has 1 aliphatic rings. The average Bonchev–Trinajstić information content (AvgIpc) is 3.27. The van der Waals surface area contributed by atoms with Crippen molar-refractivity contribution in [3.8, 4) is 17.2 Å². The van der Waals surface area contributed by atoms with Gasteiger partial charge in [0.1, 0.15) is 0 Å². The molecule has 0 unspecified atom stereocenters. The lowest BCUT2D eigenvalue weighted by atomic mass is 10.0. The maximum Gasteiger partial charge on any atom is 0.359 e. The van der Waals surface area contributed by atoms with Gasteiger partial charge in [0.25, 0.3) is 0 Å². The molecule has 192 valence electrons. The summed E-state index contributed by atoms with van der Waals surface area (Å²) in [7, 11) is 4.85. The Morgan fingerprint density at radius 3 is 2.47 bits per heavy atom. The lowest BCUT2D eigenvalue weighted by Gasteiger charge is -2.28. The number of aromatic nitrogens is 2. The van der Waals surface area contributed by atoms with E-state index in [0.717, 1.165) is 49.2 Å². The van der Waals surface area contributed by atoms with Gasteiger partial charge in [0.15, 0.2) is 17.2 Å². The van der Waals surface area contributed by atoms with Gasteiger partial charge in [-0.2, -0.15) is 5.10 Å². The second kappa shape index (κ2) is 11.9. The zero-order valence-electron chi connectivity index (χ0n) is 21.6. The fraction of sp³-hybridized carbons (Fsp3) is 0.429. The largest absolute Gasteiger partial charge is 0.493 e. The molecule has 0 spiro atoms. The van der Waals surface area contributed by atoms with E-state index in [1.165, 1.54) is 5.56 Å². The molecule has 2 heterocycles. The van der Waals surface area contributed by atoms with Gasteiger partial charge in [-0.3, -0.25) is 9.58 Å². The Labute approximate surface area is 212 Å². The molecule has 0 amide bonds. The number of esters is 1. The Kier molecular flexibility index (Phi) is 8.48. The summed E-state index contributed by atoms with van der Waals surface area (Å²) in [5, 5.41) is 4.72. The van der Waals surface area contributed by atoms with E-state index in [2.05, 4.69) is 29.2 Å². The smallest absolute Gasteiger partial charge is 0.359 e. The first-order valence-electron chi connectivity index (χ1n) is 12.4. The van der Waals surface area contributed by atoms with Crippen molar-refractivity contribution in [1.29, 1.82) is 0 Å². The van der Waals surface area contributed by atoms with E-state index in [-0.39, 0.29) is 5.97 Å². The number of benzene rings is 2. The normalized spacial score (nSPS) is 13.2. The Balaban J connectivity index is 1.54. The van der Waals surface area contributed by atoms with Gasteiger partial charge < -0.3 is 18.9 Å². The second-order valence-electron chi connectivity index (χ2n) is 8.76. The SMILES string of the molecule is CCOC(=O)c1nn(CCCc2ccccc2)c2c1CN(Cc1ccc(OC)c(OC)c1OC)CC2. The molecule has 36 heavy (non-hydrogen) atoms. The summed E-state index contributed by atoms with van der Waals surface area (Å²) < 4.78 is 24.0. The Hall–Kier alpha value is -3.52. The van der Waals surface area contributed by atoms with Gasteiger partial charge in [0.2, 0.25) is 5.75 Å². The Bertz CT molecular complexity index is 1180. The number of methoxy groups -OCH3 is 3. The topological polar surface area (TPSA) is 75.1 Å². The number of ether oxygens (including phenoxy) is 4. The van der Waals surface area contributed by atoms with Crippen LogP contribution in [0.5, 0.6) is 17.2 Å². The van der Waals surface area contributed by atoms with Crippen LogP contribution in [-0.4, -0.2) is 55.1 Å². The lowest BCUT2D eigenvalue weighted by molar-refractivity contribution is 0.0515. The highest BCUT2D eigenvalue weighted by molar-refractivity contribution is 5.89. The van der Waals surface area contributed by atoms with Crippen LogP contribution < -0.4 is 14.2 Å². The monoisotopic (exact) mass is 493 g/mol. The number of nitrogens with zero attached hydrogens (tertiary/aromatic N) is 3. The van der Waals surface area contributed by atoms with E-state index in [9.17, 15) is 4.79 Å². The molecule has 0 fully saturated rings. The highest BCUT2D eigenvalue weighted by Crippen LogP contribution is 2.40. The van der Waals surface area contributed by atoms with Gasteiger partial charge in [-0.15, -0.1) is 0 Å². The summed E-state index contributed by atoms with van der Waals surface area (Å²) >= 11 is 0. The van der Waals surface area contributed by atoms with Crippen LogP contribution in [0.2, 0.25) is 0 Å². The van der Waals surface area contributed by atoms with E-state index >= 15 is 0 Å². The third-order valence-electron chi connectivity index (χ3n) is 6.54. The number of carbonyl (C=O) groups is 1. The first kappa shape index (κ1) is 25.6. The summed E-state index contributed by atoms with van der Waals surface area (Å²) in [5.41, 5.74) is 4.81. The number of carbonyl (C=O) groups excluding carboxylic acids is 1. The van der Waals surface area contributed by atoms with Gasteiger partial charge >= 0.3 is 5.97 Å². The summed E-state index contributed by atoms with van der Waals surface area (Å²) in [6, 6.07) is 14.3. The summed E-state index contributed by atoms with van der Waals surface area (Å²) in [6.45, 7) is 5.00. The minimum Gasteiger partial charge on any atom is -0.493 e. The highest BCUT2D eigenvalue weighted by atomic mass is 16.5. The molecule has 0 bridgehead atoms. The van der Waals surface area contributed by atoms with E-state index in [0.29, 0.717) is 42.6 Å². The molecule has 0 aliphatic carbocycles. The molecule has 0 atom stereocenters. The van der Waals surface area contributed by atoms with Gasteiger partial charge in [-0.1, -0.05) is 36.4 Å². The molecule has 4 rings (SSSR count). The molecule has 8 heteroatoms. The average molecular weight is 494 g/mol. The first-order valence-corrected chi connectivity index (χ1v) is 12.4. The standard InChI is InChI=1S/C28H35N3O5/c1-5-36-28(32)25-22-19-30(18-21-13-14-24(33-2)27(35-4)26(21)34-3)17-15-23(22)31(29-25)16-9-12-20-10-7-6-8-11-20/h6-8,10-11,13-14H,5,9,12,15-19H2,1-4H3. The van der Waals surface area contributed by atoms with Crippen LogP contribution in [-0.2, 0) is 37.2 Å². The van der Waals surface area contributed by atoms with Crippen molar-refractivity contribution >= 4 is 5.97 Å². The van der Waals surface area contributed by atoms with Crippen molar-refractivity contribution in [2.75, 3.05) is 34.5 Å². The van der Waals surface area contributed by atoms with Gasteiger partial charge in [-0.05, 0) is 31.4 Å². The molecule has 0 saturated carbocycles. The van der Waals surface area contributed by atoms with Crippen molar-refractivity contribution in [2.24, 2.45) is 0 Å². The minimum atomic E-state index is -0.360. The van der Waals surface area contributed by atoms with Crippen LogP contribution in [0.4, 0.5) is 0 Å². The van der Waals surface area contributed by atoms with Crippen molar-refractivity contribution < 1.29 is 23.7 Å². The maximum atomic E-state index is 12.8. The lowest BCUT2D eigenvalue weighted by Crippen LogP contribution is -2.31. The summed E-state index contributed by atoms with van der Waals surface area (Å²) in [4.78, 5) is 15.1. The first-order chi connectivity index (χ1) is 17.6. The van der Waals surface area contributed by atoms with Crippen molar-refractivity contribution in [2.45, 2.75) is 45.8 Å². The Morgan fingerprint density at radius 1 is 1.00 bits per heavy atom. The second-order valence-corrected chi connectivity index (χ2v) is 8.76. The zero-order valence-corrected chi connectivity index (χ0v) is 21.6. The van der Waals surface area contributed by atoms with Gasteiger partial charge in [-0.25, -0.2) is 4.79 Å². The van der Waals surface area contributed by atoms with E-state index in [1.54, 1.807) is 21.3 Å². The molecule has 1 aliphatic heterocycles. The van der Waals surface area contributed by atoms with E-state index < -0.39 is 0 Å². The fourth-order valence-electron chi connectivity index (χ4n) is 4.84. The van der Waals surface area contributed by atoms with Crippen LogP contribution in [0, 0.1) is 0 Å². The van der Waals surface area contributed by atoms with Crippen LogP contribution in [0.1, 0.15) is 46.2 Å². The van der Waals surface area contributed by atoms with Crippen LogP contribution in [0.25, 0.3) is 0 Å². The fourth-order valence-corrected chi connectivity index (χ4v) is 4.84. The molecule has 0 N–H and O–H groups in total. The number of aryl methyl sites for hydroxylation is 2. The van der Waals surface area contributed by atoms with E-state index in [1.807, 2.05) is 29.8 Å². The number of fused-ring (bicyclic) bond motifs is 1.